The van der Waals surface area contributed by atoms with Crippen LogP contribution in [-0.4, -0.2) is 49.0 Å². The third kappa shape index (κ3) is 4.04. The molecule has 0 unspecified atom stereocenters. The number of ether oxygens (including phenoxy) is 1. The van der Waals surface area contributed by atoms with Crippen LogP contribution in [0.5, 0.6) is 0 Å². The van der Waals surface area contributed by atoms with Gasteiger partial charge < -0.3 is 19.9 Å². The van der Waals surface area contributed by atoms with Crippen LogP contribution in [0.1, 0.15) is 23.4 Å². The fourth-order valence-electron chi connectivity index (χ4n) is 4.26. The Balaban J connectivity index is 1.47. The van der Waals surface area contributed by atoms with Crippen LogP contribution < -0.4 is 10.2 Å². The summed E-state index contributed by atoms with van der Waals surface area (Å²) in [4.78, 5) is 23.2. The second-order valence-corrected chi connectivity index (χ2v) is 8.00. The van der Waals surface area contributed by atoms with E-state index in [4.69, 9.17) is 9.72 Å². The molecule has 6 heteroatoms. The first kappa shape index (κ1) is 19.7. The van der Waals surface area contributed by atoms with E-state index in [1.807, 2.05) is 30.4 Å². The molecule has 2 aliphatic rings. The van der Waals surface area contributed by atoms with Crippen molar-refractivity contribution in [1.29, 1.82) is 0 Å². The maximum Gasteiger partial charge on any atom is 0.170 e. The molecule has 1 fully saturated rings. The smallest absolute Gasteiger partial charge is 0.170 e. The molecular weight excluding hydrogens is 388 g/mol. The van der Waals surface area contributed by atoms with Gasteiger partial charge >= 0.3 is 0 Å². The molecule has 2 heterocycles. The molecule has 1 aliphatic carbocycles. The second-order valence-electron chi connectivity index (χ2n) is 8.00. The molecular formula is C25H26N4O2. The van der Waals surface area contributed by atoms with Gasteiger partial charge in [0.1, 0.15) is 5.82 Å². The summed E-state index contributed by atoms with van der Waals surface area (Å²) < 4.78 is 5.25. The number of aromatic nitrogens is 2. The van der Waals surface area contributed by atoms with E-state index in [0.29, 0.717) is 24.4 Å². The predicted molar refractivity (Wildman–Crippen MR) is 124 cm³/mol. The van der Waals surface area contributed by atoms with Gasteiger partial charge in [0.05, 0.1) is 23.2 Å². The minimum atomic E-state index is 0.0816. The first-order chi connectivity index (χ1) is 15.2. The number of benzene rings is 2. The van der Waals surface area contributed by atoms with Gasteiger partial charge in [-0.2, -0.15) is 0 Å². The zero-order valence-electron chi connectivity index (χ0n) is 17.6. The van der Waals surface area contributed by atoms with E-state index in [0.717, 1.165) is 53.9 Å². The third-order valence-corrected chi connectivity index (χ3v) is 5.88. The molecule has 0 atom stereocenters. The Morgan fingerprint density at radius 1 is 1.13 bits per heavy atom. The first-order valence-electron chi connectivity index (χ1n) is 10.7. The van der Waals surface area contributed by atoms with Gasteiger partial charge in [0, 0.05) is 45.4 Å². The first-order valence-corrected chi connectivity index (χ1v) is 10.7. The normalized spacial score (nSPS) is 17.1. The molecule has 0 saturated carbocycles. The number of rotatable bonds is 5. The summed E-state index contributed by atoms with van der Waals surface area (Å²) in [7, 11) is 1.69. The van der Waals surface area contributed by atoms with E-state index in [9.17, 15) is 4.79 Å². The van der Waals surface area contributed by atoms with E-state index >= 15 is 0 Å². The number of H-pyrrole nitrogens is 1. The van der Waals surface area contributed by atoms with Gasteiger partial charge in [0.25, 0.3) is 0 Å². The molecule has 6 nitrogen and oxygen atoms in total. The van der Waals surface area contributed by atoms with Crippen molar-refractivity contribution in [3.8, 4) is 0 Å². The van der Waals surface area contributed by atoms with Crippen molar-refractivity contribution >= 4 is 33.7 Å². The molecule has 3 aromatic rings. The number of Topliss-reactive ketones (excluding diaryl/α,β-unsaturated/α-hetero) is 1. The maximum atomic E-state index is 12.7. The topological polar surface area (TPSA) is 70.2 Å². The van der Waals surface area contributed by atoms with Crippen LogP contribution in [0.25, 0.3) is 22.2 Å². The zero-order valence-corrected chi connectivity index (χ0v) is 17.6. The Morgan fingerprint density at radius 2 is 2.00 bits per heavy atom. The van der Waals surface area contributed by atoms with Crippen molar-refractivity contribution < 1.29 is 9.53 Å². The molecule has 5 rings (SSSR count). The van der Waals surface area contributed by atoms with E-state index in [2.05, 4.69) is 39.5 Å². The number of carbonyl (C=O) groups is 1. The zero-order chi connectivity index (χ0) is 21.2. The quantitative estimate of drug-likeness (QED) is 0.668. The molecule has 2 aromatic carbocycles. The lowest BCUT2D eigenvalue weighted by molar-refractivity contribution is -0.113. The lowest BCUT2D eigenvalue weighted by Gasteiger charge is -2.29. The van der Waals surface area contributed by atoms with Crippen LogP contribution in [0, 0.1) is 0 Å². The number of carbonyl (C=O) groups excluding carboxylic acids is 1. The monoisotopic (exact) mass is 414 g/mol. The lowest BCUT2D eigenvalue weighted by atomic mass is 9.92. The third-order valence-electron chi connectivity index (χ3n) is 5.88. The van der Waals surface area contributed by atoms with E-state index in [-0.39, 0.29) is 5.78 Å². The largest absolute Gasteiger partial charge is 0.380 e. The van der Waals surface area contributed by atoms with Crippen LogP contribution >= 0.6 is 0 Å². The summed E-state index contributed by atoms with van der Waals surface area (Å²) in [5.41, 5.74) is 6.88. The van der Waals surface area contributed by atoms with Crippen LogP contribution in [0.15, 0.2) is 54.6 Å². The number of nitrogens with zero attached hydrogens (tertiary/aromatic N) is 2. The number of fused-ring (bicyclic) bond motifs is 1. The van der Waals surface area contributed by atoms with Gasteiger partial charge in [-0.15, -0.1) is 0 Å². The highest BCUT2D eigenvalue weighted by Crippen LogP contribution is 2.30. The molecule has 0 radical (unpaired) electrons. The van der Waals surface area contributed by atoms with Gasteiger partial charge in [-0.3, -0.25) is 4.79 Å². The molecule has 0 amide bonds. The molecule has 158 valence electrons. The van der Waals surface area contributed by atoms with Gasteiger partial charge in [0.15, 0.2) is 5.78 Å². The van der Waals surface area contributed by atoms with Crippen molar-refractivity contribution in [2.45, 2.75) is 13.0 Å². The number of allylic oxidation sites excluding steroid dienone is 4. The number of nitrogens with one attached hydrogen (secondary N) is 2. The molecule has 2 N–H and O–H groups in total. The predicted octanol–water partition coefficient (Wildman–Crippen LogP) is 3.56. The van der Waals surface area contributed by atoms with E-state index in [1.165, 1.54) is 5.69 Å². The van der Waals surface area contributed by atoms with E-state index in [1.54, 1.807) is 7.11 Å². The molecule has 1 aliphatic heterocycles. The van der Waals surface area contributed by atoms with Crippen molar-refractivity contribution in [3.63, 3.8) is 0 Å². The van der Waals surface area contributed by atoms with Gasteiger partial charge in [0.2, 0.25) is 0 Å². The number of ketones is 1. The highest BCUT2D eigenvalue weighted by molar-refractivity contribution is 6.24. The summed E-state index contributed by atoms with van der Waals surface area (Å²) in [6, 6.07) is 14.5. The Bertz CT molecular complexity index is 1190. The summed E-state index contributed by atoms with van der Waals surface area (Å²) in [6.07, 6.45) is 4.31. The summed E-state index contributed by atoms with van der Waals surface area (Å²) in [5.74, 6) is 0.717. The standard InChI is InChI=1S/C25H26N4O2/c1-31-16-17-3-2-4-18(13-17)19-5-8-24(30)21(14-19)25-27-22-7-6-20(15-23(22)28-25)29-11-9-26-10-12-29/h2-7,13-15,26H,8-12,16H2,1H3,(H,27,28). The van der Waals surface area contributed by atoms with Crippen molar-refractivity contribution in [1.82, 2.24) is 15.3 Å². The fraction of sp³-hybridized carbons (Fsp3) is 0.280. The Morgan fingerprint density at radius 3 is 2.84 bits per heavy atom. The Labute approximate surface area is 181 Å². The lowest BCUT2D eigenvalue weighted by Crippen LogP contribution is -2.43. The highest BCUT2D eigenvalue weighted by atomic mass is 16.5. The van der Waals surface area contributed by atoms with Crippen molar-refractivity contribution in [2.24, 2.45) is 0 Å². The van der Waals surface area contributed by atoms with Crippen LogP contribution in [0.4, 0.5) is 5.69 Å². The Kier molecular flexibility index (Phi) is 5.40. The summed E-state index contributed by atoms with van der Waals surface area (Å²) >= 11 is 0. The average molecular weight is 415 g/mol. The number of piperazine rings is 1. The summed E-state index contributed by atoms with van der Waals surface area (Å²) in [6.45, 7) is 4.54. The molecule has 0 bridgehead atoms. The number of aromatic amines is 1. The van der Waals surface area contributed by atoms with Gasteiger partial charge in [-0.05, 0) is 47.0 Å². The number of imidazole rings is 1. The van der Waals surface area contributed by atoms with Gasteiger partial charge in [-0.1, -0.05) is 24.3 Å². The fourth-order valence-corrected chi connectivity index (χ4v) is 4.26. The van der Waals surface area contributed by atoms with Gasteiger partial charge in [-0.25, -0.2) is 4.98 Å². The van der Waals surface area contributed by atoms with E-state index < -0.39 is 0 Å². The molecule has 31 heavy (non-hydrogen) atoms. The molecule has 0 spiro atoms. The average Bonchev–Trinajstić information content (AvgIpc) is 3.23. The van der Waals surface area contributed by atoms with Crippen LogP contribution in [0.3, 0.4) is 0 Å². The minimum Gasteiger partial charge on any atom is -0.380 e. The van der Waals surface area contributed by atoms with Crippen molar-refractivity contribution in [3.05, 3.63) is 71.6 Å². The highest BCUT2D eigenvalue weighted by Gasteiger charge is 2.20. The van der Waals surface area contributed by atoms with Crippen molar-refractivity contribution in [2.75, 3.05) is 38.2 Å². The summed E-state index contributed by atoms with van der Waals surface area (Å²) in [5, 5.41) is 3.38. The number of anilines is 1. The Hall–Kier alpha value is -3.22. The SMILES string of the molecule is COCc1cccc(C2=CCC(=O)C(c3nc4ccc(N5CCNCC5)cc4[nH]3)=C2)c1. The second kappa shape index (κ2) is 8.49. The molecule has 1 aromatic heterocycles. The maximum absolute atomic E-state index is 12.7. The minimum absolute atomic E-state index is 0.0816. The number of hydrogen-bond donors (Lipinski definition) is 2. The number of hydrogen-bond acceptors (Lipinski definition) is 5. The van der Waals surface area contributed by atoms with Crippen LogP contribution in [-0.2, 0) is 16.1 Å². The molecule has 1 saturated heterocycles. The number of methoxy groups -OCH3 is 1. The van der Waals surface area contributed by atoms with Crippen LogP contribution in [0.2, 0.25) is 0 Å².